The molecule has 104 valence electrons. The third-order valence-electron chi connectivity index (χ3n) is 3.24. The number of ether oxygens (including phenoxy) is 1. The van der Waals surface area contributed by atoms with Crippen molar-refractivity contribution in [1.82, 2.24) is 15.3 Å². The van der Waals surface area contributed by atoms with Crippen molar-refractivity contribution >= 4 is 11.6 Å². The van der Waals surface area contributed by atoms with Crippen LogP contribution in [0, 0.1) is 6.92 Å². The summed E-state index contributed by atoms with van der Waals surface area (Å²) in [7, 11) is 0. The Balaban J connectivity index is 1.67. The van der Waals surface area contributed by atoms with Gasteiger partial charge in [-0.3, -0.25) is 0 Å². The second-order valence-electron chi connectivity index (χ2n) is 4.97. The van der Waals surface area contributed by atoms with Gasteiger partial charge in [0.25, 0.3) is 0 Å². The number of hydrogen-bond acceptors (Lipinski definition) is 4. The van der Waals surface area contributed by atoms with E-state index < -0.39 is 0 Å². The fourth-order valence-corrected chi connectivity index (χ4v) is 1.97. The van der Waals surface area contributed by atoms with E-state index in [1.54, 1.807) is 24.3 Å². The lowest BCUT2D eigenvalue weighted by Crippen LogP contribution is -2.16. The predicted octanol–water partition coefficient (Wildman–Crippen LogP) is 3.48. The lowest BCUT2D eigenvalue weighted by atomic mass is 10.2. The Labute approximate surface area is 123 Å². The molecular formula is C15H16ClN3O. The van der Waals surface area contributed by atoms with Crippen LogP contribution >= 0.6 is 11.6 Å². The molecule has 0 radical (unpaired) electrons. The van der Waals surface area contributed by atoms with E-state index in [1.807, 2.05) is 13.1 Å². The number of nitrogens with zero attached hydrogens (tertiary/aromatic N) is 2. The first-order valence-electron chi connectivity index (χ1n) is 6.70. The Hall–Kier alpha value is -1.65. The Morgan fingerprint density at radius 2 is 2.05 bits per heavy atom. The fraction of sp³-hybridized carbons (Fsp3) is 0.333. The van der Waals surface area contributed by atoms with Crippen molar-refractivity contribution < 1.29 is 4.74 Å². The number of hydrogen-bond donors (Lipinski definition) is 1. The van der Waals surface area contributed by atoms with Crippen molar-refractivity contribution in [2.75, 3.05) is 0 Å². The summed E-state index contributed by atoms with van der Waals surface area (Å²) in [5, 5.41) is 4.13. The van der Waals surface area contributed by atoms with Gasteiger partial charge in [-0.25, -0.2) is 4.98 Å². The van der Waals surface area contributed by atoms with Gasteiger partial charge in [0.1, 0.15) is 5.75 Å². The molecule has 0 atom stereocenters. The first kappa shape index (κ1) is 13.3. The standard InChI is InChI=1S/C15H16ClN3O/c1-10-11(8-17-13-4-5-13)9-18-15(19-10)20-14-6-2-12(16)3-7-14/h2-3,6-7,9,13,17H,4-5,8H2,1H3. The van der Waals surface area contributed by atoms with Gasteiger partial charge in [-0.15, -0.1) is 0 Å². The molecule has 1 aliphatic rings. The van der Waals surface area contributed by atoms with E-state index in [9.17, 15) is 0 Å². The van der Waals surface area contributed by atoms with Crippen LogP contribution in [-0.2, 0) is 6.54 Å². The summed E-state index contributed by atoms with van der Waals surface area (Å²) in [6.07, 6.45) is 4.37. The van der Waals surface area contributed by atoms with Crippen LogP contribution in [0.2, 0.25) is 5.02 Å². The maximum Gasteiger partial charge on any atom is 0.322 e. The second kappa shape index (κ2) is 5.77. The third kappa shape index (κ3) is 3.46. The van der Waals surface area contributed by atoms with E-state index >= 15 is 0 Å². The quantitative estimate of drug-likeness (QED) is 0.915. The van der Waals surface area contributed by atoms with Gasteiger partial charge in [-0.2, -0.15) is 4.98 Å². The monoisotopic (exact) mass is 289 g/mol. The smallest absolute Gasteiger partial charge is 0.322 e. The number of benzene rings is 1. The van der Waals surface area contributed by atoms with Crippen LogP contribution in [0.4, 0.5) is 0 Å². The van der Waals surface area contributed by atoms with E-state index in [-0.39, 0.29) is 0 Å². The zero-order valence-electron chi connectivity index (χ0n) is 11.3. The van der Waals surface area contributed by atoms with Gasteiger partial charge in [0.15, 0.2) is 0 Å². The molecule has 2 aromatic rings. The van der Waals surface area contributed by atoms with Gasteiger partial charge in [0.05, 0.1) is 0 Å². The summed E-state index contributed by atoms with van der Waals surface area (Å²) in [5.74, 6) is 0.678. The minimum atomic E-state index is 0.361. The van der Waals surface area contributed by atoms with Crippen molar-refractivity contribution in [3.63, 3.8) is 0 Å². The molecule has 5 heteroatoms. The highest BCUT2D eigenvalue weighted by Crippen LogP contribution is 2.22. The molecule has 0 spiro atoms. The Morgan fingerprint density at radius 3 is 2.70 bits per heavy atom. The van der Waals surface area contributed by atoms with Gasteiger partial charge in [-0.05, 0) is 44.0 Å². The largest absolute Gasteiger partial charge is 0.424 e. The van der Waals surface area contributed by atoms with Crippen molar-refractivity contribution in [3.8, 4) is 11.8 Å². The van der Waals surface area contributed by atoms with E-state index in [4.69, 9.17) is 16.3 Å². The number of aromatic nitrogens is 2. The van der Waals surface area contributed by atoms with E-state index in [0.717, 1.165) is 17.8 Å². The van der Waals surface area contributed by atoms with Gasteiger partial charge >= 0.3 is 6.01 Å². The number of halogens is 1. The van der Waals surface area contributed by atoms with Crippen LogP contribution in [0.5, 0.6) is 11.8 Å². The first-order chi connectivity index (χ1) is 9.70. The van der Waals surface area contributed by atoms with Crippen molar-refractivity contribution in [2.45, 2.75) is 32.4 Å². The Bertz CT molecular complexity index is 597. The molecule has 1 heterocycles. The number of nitrogens with one attached hydrogen (secondary N) is 1. The van der Waals surface area contributed by atoms with E-state index in [1.165, 1.54) is 12.8 Å². The summed E-state index contributed by atoms with van der Waals surface area (Å²) in [6, 6.07) is 8.18. The normalized spacial score (nSPS) is 14.3. The molecule has 0 amide bonds. The molecule has 0 unspecified atom stereocenters. The van der Waals surface area contributed by atoms with Crippen LogP contribution in [0.3, 0.4) is 0 Å². The van der Waals surface area contributed by atoms with Crippen molar-refractivity contribution in [1.29, 1.82) is 0 Å². The maximum atomic E-state index is 5.83. The van der Waals surface area contributed by atoms with Crippen LogP contribution < -0.4 is 10.1 Å². The highest BCUT2D eigenvalue weighted by molar-refractivity contribution is 6.30. The molecule has 3 rings (SSSR count). The van der Waals surface area contributed by atoms with Crippen LogP contribution in [0.25, 0.3) is 0 Å². The molecule has 4 nitrogen and oxygen atoms in total. The lowest BCUT2D eigenvalue weighted by Gasteiger charge is -2.08. The maximum absolute atomic E-state index is 5.83. The zero-order valence-corrected chi connectivity index (χ0v) is 12.0. The predicted molar refractivity (Wildman–Crippen MR) is 78.2 cm³/mol. The van der Waals surface area contributed by atoms with Gasteiger partial charge in [0.2, 0.25) is 0 Å². The van der Waals surface area contributed by atoms with Crippen LogP contribution in [0.1, 0.15) is 24.1 Å². The average molecular weight is 290 g/mol. The van der Waals surface area contributed by atoms with Crippen LogP contribution in [0.15, 0.2) is 30.5 Å². The average Bonchev–Trinajstić information content (AvgIpc) is 3.25. The van der Waals surface area contributed by atoms with Crippen molar-refractivity contribution in [3.05, 3.63) is 46.7 Å². The molecule has 1 aromatic carbocycles. The molecule has 1 aliphatic carbocycles. The molecule has 1 N–H and O–H groups in total. The summed E-state index contributed by atoms with van der Waals surface area (Å²) in [6.45, 7) is 2.79. The third-order valence-corrected chi connectivity index (χ3v) is 3.49. The molecule has 0 aliphatic heterocycles. The SMILES string of the molecule is Cc1nc(Oc2ccc(Cl)cc2)ncc1CNC1CC1. The first-order valence-corrected chi connectivity index (χ1v) is 7.08. The Morgan fingerprint density at radius 1 is 1.30 bits per heavy atom. The van der Waals surface area contributed by atoms with Gasteiger partial charge in [0, 0.05) is 35.1 Å². The molecule has 1 fully saturated rings. The van der Waals surface area contributed by atoms with Crippen LogP contribution in [-0.4, -0.2) is 16.0 Å². The molecule has 20 heavy (non-hydrogen) atoms. The summed E-state index contributed by atoms with van der Waals surface area (Å²) < 4.78 is 5.61. The highest BCUT2D eigenvalue weighted by atomic mass is 35.5. The highest BCUT2D eigenvalue weighted by Gasteiger charge is 2.20. The number of aryl methyl sites for hydroxylation is 1. The lowest BCUT2D eigenvalue weighted by molar-refractivity contribution is 0.439. The zero-order chi connectivity index (χ0) is 13.9. The molecule has 1 saturated carbocycles. The second-order valence-corrected chi connectivity index (χ2v) is 5.41. The minimum Gasteiger partial charge on any atom is -0.424 e. The molecule has 0 bridgehead atoms. The van der Waals surface area contributed by atoms with Gasteiger partial charge < -0.3 is 10.1 Å². The topological polar surface area (TPSA) is 47.0 Å². The summed E-state index contributed by atoms with van der Waals surface area (Å²) in [4.78, 5) is 8.63. The summed E-state index contributed by atoms with van der Waals surface area (Å²) in [5.41, 5.74) is 2.05. The van der Waals surface area contributed by atoms with Crippen molar-refractivity contribution in [2.24, 2.45) is 0 Å². The van der Waals surface area contributed by atoms with E-state index in [0.29, 0.717) is 22.8 Å². The molecule has 1 aromatic heterocycles. The molecule has 0 saturated heterocycles. The molecular weight excluding hydrogens is 274 g/mol. The summed E-state index contributed by atoms with van der Waals surface area (Å²) >= 11 is 5.83. The van der Waals surface area contributed by atoms with Gasteiger partial charge in [-0.1, -0.05) is 11.6 Å². The Kier molecular flexibility index (Phi) is 3.85. The number of rotatable bonds is 5. The minimum absolute atomic E-state index is 0.361. The fourth-order valence-electron chi connectivity index (χ4n) is 1.84. The van der Waals surface area contributed by atoms with E-state index in [2.05, 4.69) is 15.3 Å².